The fourth-order valence-corrected chi connectivity index (χ4v) is 6.38. The number of rotatable bonds is 2. The first kappa shape index (κ1) is 11.6. The predicted molar refractivity (Wildman–Crippen MR) is 69.3 cm³/mol. The second kappa shape index (κ2) is 3.29. The van der Waals surface area contributed by atoms with Crippen LogP contribution in [0.1, 0.15) is 58.8 Å². The molecule has 94 valence electrons. The van der Waals surface area contributed by atoms with E-state index < -0.39 is 6.10 Å². The van der Waals surface area contributed by atoms with Crippen molar-refractivity contribution in [2.75, 3.05) is 0 Å². The summed E-state index contributed by atoms with van der Waals surface area (Å²) < 4.78 is 0. The van der Waals surface area contributed by atoms with Crippen LogP contribution in [0.15, 0.2) is 0 Å². The summed E-state index contributed by atoms with van der Waals surface area (Å²) in [5.41, 5.74) is 1.42. The molecule has 0 aromatic heterocycles. The van der Waals surface area contributed by atoms with Crippen molar-refractivity contribution in [1.29, 1.82) is 0 Å². The molecule has 0 spiro atoms. The highest BCUT2D eigenvalue weighted by Gasteiger charge is 2.59. The summed E-state index contributed by atoms with van der Waals surface area (Å²) >= 11 is 0. The molecule has 0 amide bonds. The van der Waals surface area contributed by atoms with Crippen molar-refractivity contribution in [3.8, 4) is 12.3 Å². The van der Waals surface area contributed by atoms with Crippen LogP contribution in [0.4, 0.5) is 0 Å². The molecule has 0 aromatic rings. The summed E-state index contributed by atoms with van der Waals surface area (Å²) in [7, 11) is 0. The summed E-state index contributed by atoms with van der Waals surface area (Å²) in [5, 5.41) is 9.85. The van der Waals surface area contributed by atoms with Crippen molar-refractivity contribution in [2.45, 2.75) is 64.9 Å². The molecule has 17 heavy (non-hydrogen) atoms. The van der Waals surface area contributed by atoms with E-state index in [0.29, 0.717) is 16.2 Å². The molecule has 4 aliphatic rings. The lowest BCUT2D eigenvalue weighted by molar-refractivity contribution is -0.153. The fraction of sp³-hybridized carbons (Fsp3) is 0.875. The topological polar surface area (TPSA) is 20.2 Å². The van der Waals surface area contributed by atoms with E-state index in [9.17, 15) is 5.11 Å². The van der Waals surface area contributed by atoms with E-state index in [4.69, 9.17) is 6.42 Å². The van der Waals surface area contributed by atoms with Gasteiger partial charge in [0.05, 0.1) is 0 Å². The molecule has 4 saturated carbocycles. The Bertz CT molecular complexity index is 359. The molecule has 0 saturated heterocycles. The van der Waals surface area contributed by atoms with Gasteiger partial charge in [-0.3, -0.25) is 0 Å². The Kier molecular flexibility index (Phi) is 2.25. The molecule has 0 radical (unpaired) electrons. The zero-order chi connectivity index (χ0) is 12.3. The highest BCUT2D eigenvalue weighted by molar-refractivity contribution is 5.12. The van der Waals surface area contributed by atoms with E-state index in [1.807, 2.05) is 0 Å². The largest absolute Gasteiger partial charge is 0.380 e. The lowest BCUT2D eigenvalue weighted by Crippen LogP contribution is -2.55. The Labute approximate surface area is 105 Å². The van der Waals surface area contributed by atoms with E-state index in [2.05, 4.69) is 19.8 Å². The second-order valence-electron chi connectivity index (χ2n) is 8.02. The van der Waals surface area contributed by atoms with E-state index in [1.54, 1.807) is 0 Å². The molecule has 3 unspecified atom stereocenters. The van der Waals surface area contributed by atoms with Crippen LogP contribution in [0.25, 0.3) is 0 Å². The summed E-state index contributed by atoms with van der Waals surface area (Å²) in [4.78, 5) is 0. The van der Waals surface area contributed by atoms with Crippen LogP contribution < -0.4 is 0 Å². The van der Waals surface area contributed by atoms with E-state index >= 15 is 0 Å². The van der Waals surface area contributed by atoms with E-state index in [1.165, 1.54) is 38.5 Å². The van der Waals surface area contributed by atoms with Crippen LogP contribution in [0.5, 0.6) is 0 Å². The Morgan fingerprint density at radius 3 is 2.24 bits per heavy atom. The third-order valence-electron chi connectivity index (χ3n) is 5.56. The van der Waals surface area contributed by atoms with Gasteiger partial charge in [0, 0.05) is 0 Å². The van der Waals surface area contributed by atoms with Gasteiger partial charge >= 0.3 is 0 Å². The summed E-state index contributed by atoms with van der Waals surface area (Å²) in [6.45, 7) is 4.93. The average Bonchev–Trinajstić information content (AvgIpc) is 2.10. The first-order valence-electron chi connectivity index (χ1n) is 7.00. The molecule has 0 heterocycles. The van der Waals surface area contributed by atoms with Gasteiger partial charge in [-0.2, -0.15) is 0 Å². The van der Waals surface area contributed by atoms with Crippen LogP contribution in [0.2, 0.25) is 0 Å². The van der Waals surface area contributed by atoms with Crippen LogP contribution in [0.3, 0.4) is 0 Å². The summed E-state index contributed by atoms with van der Waals surface area (Å²) in [6, 6.07) is 0. The molecule has 4 fully saturated rings. The molecular formula is C16H24O. The molecule has 4 rings (SSSR count). The summed E-state index contributed by atoms with van der Waals surface area (Å²) in [5.74, 6) is 3.42. The number of terminal acetylenes is 1. The fourth-order valence-electron chi connectivity index (χ4n) is 6.38. The van der Waals surface area contributed by atoms with Crippen LogP contribution >= 0.6 is 0 Å². The van der Waals surface area contributed by atoms with E-state index in [0.717, 1.165) is 12.3 Å². The first-order chi connectivity index (χ1) is 7.86. The van der Waals surface area contributed by atoms with Crippen molar-refractivity contribution < 1.29 is 5.11 Å². The maximum Gasteiger partial charge on any atom is 0.115 e. The Morgan fingerprint density at radius 1 is 1.18 bits per heavy atom. The van der Waals surface area contributed by atoms with Gasteiger partial charge < -0.3 is 5.11 Å². The maximum atomic E-state index is 9.85. The molecule has 1 N–H and O–H groups in total. The quantitative estimate of drug-likeness (QED) is 0.724. The molecule has 0 aromatic carbocycles. The van der Waals surface area contributed by atoms with E-state index in [-0.39, 0.29) is 0 Å². The minimum absolute atomic E-state index is 0.356. The number of aliphatic hydroxyl groups excluding tert-OH is 1. The highest BCUT2D eigenvalue weighted by Crippen LogP contribution is 2.70. The Hall–Kier alpha value is -0.480. The van der Waals surface area contributed by atoms with Gasteiger partial charge in [-0.1, -0.05) is 19.8 Å². The number of hydrogen-bond donors (Lipinski definition) is 1. The Balaban J connectivity index is 1.90. The van der Waals surface area contributed by atoms with Crippen molar-refractivity contribution in [3.63, 3.8) is 0 Å². The number of aliphatic hydroxyl groups is 1. The molecular weight excluding hydrogens is 208 g/mol. The van der Waals surface area contributed by atoms with Crippen molar-refractivity contribution in [1.82, 2.24) is 0 Å². The molecule has 0 aliphatic heterocycles. The van der Waals surface area contributed by atoms with Gasteiger partial charge in [0.1, 0.15) is 6.10 Å². The smallest absolute Gasteiger partial charge is 0.115 e. The monoisotopic (exact) mass is 232 g/mol. The lowest BCUT2D eigenvalue weighted by Gasteiger charge is -2.65. The van der Waals surface area contributed by atoms with Crippen molar-refractivity contribution in [3.05, 3.63) is 0 Å². The van der Waals surface area contributed by atoms with Gasteiger partial charge in [0.25, 0.3) is 0 Å². The molecule has 3 atom stereocenters. The molecule has 1 nitrogen and oxygen atoms in total. The van der Waals surface area contributed by atoms with Crippen LogP contribution in [-0.2, 0) is 0 Å². The van der Waals surface area contributed by atoms with Gasteiger partial charge in [-0.05, 0) is 67.1 Å². The minimum atomic E-state index is -0.529. The zero-order valence-corrected chi connectivity index (χ0v) is 11.1. The Morgan fingerprint density at radius 2 is 1.76 bits per heavy atom. The van der Waals surface area contributed by atoms with Gasteiger partial charge in [-0.15, -0.1) is 6.42 Å². The van der Waals surface area contributed by atoms with Gasteiger partial charge in [-0.25, -0.2) is 0 Å². The second-order valence-corrected chi connectivity index (χ2v) is 8.02. The summed E-state index contributed by atoms with van der Waals surface area (Å²) in [6.07, 6.45) is 13.8. The maximum absolute atomic E-state index is 9.85. The predicted octanol–water partition coefficient (Wildman–Crippen LogP) is 3.37. The van der Waals surface area contributed by atoms with Crippen LogP contribution in [0, 0.1) is 34.5 Å². The highest BCUT2D eigenvalue weighted by atomic mass is 16.3. The van der Waals surface area contributed by atoms with Crippen LogP contribution in [-0.4, -0.2) is 11.2 Å². The standard InChI is InChI=1S/C16H24O/c1-4-13(17)8-16-7-12-5-14(2,10-16)9-15(3,6-12)11-16/h1,12-13,17H,5-11H2,2-3H3. The minimum Gasteiger partial charge on any atom is -0.380 e. The SMILES string of the molecule is C#CC(O)CC12CC3CC(C)(CC(C)(C3)C1)C2. The molecule has 1 heteroatoms. The normalized spacial score (nSPS) is 53.4. The van der Waals surface area contributed by atoms with Crippen molar-refractivity contribution in [2.24, 2.45) is 22.2 Å². The third kappa shape index (κ3) is 1.82. The number of hydrogen-bond acceptors (Lipinski definition) is 1. The van der Waals surface area contributed by atoms with Crippen molar-refractivity contribution >= 4 is 0 Å². The molecule has 4 bridgehead atoms. The first-order valence-corrected chi connectivity index (χ1v) is 7.00. The molecule has 4 aliphatic carbocycles. The third-order valence-corrected chi connectivity index (χ3v) is 5.56. The zero-order valence-electron chi connectivity index (χ0n) is 11.1. The van der Waals surface area contributed by atoms with Gasteiger partial charge in [0.2, 0.25) is 0 Å². The average molecular weight is 232 g/mol. The van der Waals surface area contributed by atoms with Gasteiger partial charge in [0.15, 0.2) is 0 Å². The lowest BCUT2D eigenvalue weighted by atomic mass is 9.39.